The van der Waals surface area contributed by atoms with Gasteiger partial charge in [-0.05, 0) is 43.3 Å². The molecule has 0 atom stereocenters. The van der Waals surface area contributed by atoms with Gasteiger partial charge < -0.3 is 10.2 Å². The van der Waals surface area contributed by atoms with E-state index in [9.17, 15) is 4.79 Å². The van der Waals surface area contributed by atoms with Crippen molar-refractivity contribution in [3.05, 3.63) is 21.9 Å². The predicted molar refractivity (Wildman–Crippen MR) is 78.9 cm³/mol. The van der Waals surface area contributed by atoms with Crippen molar-refractivity contribution in [1.82, 2.24) is 10.2 Å². The van der Waals surface area contributed by atoms with E-state index in [0.29, 0.717) is 6.04 Å². The van der Waals surface area contributed by atoms with Gasteiger partial charge in [0.05, 0.1) is 4.88 Å². The zero-order valence-electron chi connectivity index (χ0n) is 10.9. The molecule has 18 heavy (non-hydrogen) atoms. The summed E-state index contributed by atoms with van der Waals surface area (Å²) in [6, 6.07) is 2.64. The molecule has 0 aromatic carbocycles. The molecule has 102 valence electrons. The average molecular weight is 289 g/mol. The van der Waals surface area contributed by atoms with Crippen molar-refractivity contribution in [2.75, 3.05) is 20.1 Å². The molecule has 1 aromatic rings. The van der Waals surface area contributed by atoms with Crippen LogP contribution in [0.3, 0.4) is 0 Å². The first-order valence-corrected chi connectivity index (χ1v) is 7.17. The molecule has 0 aliphatic carbocycles. The summed E-state index contributed by atoms with van der Waals surface area (Å²) >= 11 is 1.58. The summed E-state index contributed by atoms with van der Waals surface area (Å²) in [6.45, 7) is 3.86. The lowest BCUT2D eigenvalue weighted by Crippen LogP contribution is -2.43. The van der Waals surface area contributed by atoms with Gasteiger partial charge in [-0.25, -0.2) is 0 Å². The highest BCUT2D eigenvalue weighted by Crippen LogP contribution is 2.21. The van der Waals surface area contributed by atoms with Crippen molar-refractivity contribution in [3.63, 3.8) is 0 Å². The number of nitrogens with zero attached hydrogens (tertiary/aromatic N) is 1. The Labute approximate surface area is 119 Å². The van der Waals surface area contributed by atoms with Crippen LogP contribution in [0.1, 0.15) is 35.0 Å². The summed E-state index contributed by atoms with van der Waals surface area (Å²) in [6.07, 6.45) is 3.07. The van der Waals surface area contributed by atoms with Crippen LogP contribution in [0.15, 0.2) is 11.4 Å². The molecule has 0 unspecified atom stereocenters. The van der Waals surface area contributed by atoms with E-state index in [1.54, 1.807) is 11.3 Å². The lowest BCUT2D eigenvalue weighted by Gasteiger charge is -2.31. The van der Waals surface area contributed by atoms with Crippen LogP contribution in [0.25, 0.3) is 0 Å². The number of carbonyl (C=O) groups is 1. The Hall–Kier alpha value is -0.580. The van der Waals surface area contributed by atoms with Crippen molar-refractivity contribution in [1.29, 1.82) is 0 Å². The molecule has 3 nitrogen and oxygen atoms in total. The maximum atomic E-state index is 12.4. The second-order valence-corrected chi connectivity index (χ2v) is 5.40. The third kappa shape index (κ3) is 3.25. The van der Waals surface area contributed by atoms with Gasteiger partial charge in [0.15, 0.2) is 0 Å². The Kier molecular flexibility index (Phi) is 6.12. The minimum atomic E-state index is 0. The number of aryl methyl sites for hydroxylation is 1. The molecule has 0 bridgehead atoms. The van der Waals surface area contributed by atoms with Crippen molar-refractivity contribution in [2.24, 2.45) is 0 Å². The summed E-state index contributed by atoms with van der Waals surface area (Å²) in [5.41, 5.74) is 1.19. The summed E-state index contributed by atoms with van der Waals surface area (Å²) in [5.74, 6) is 0.228. The fourth-order valence-electron chi connectivity index (χ4n) is 2.32. The Morgan fingerprint density at radius 1 is 1.50 bits per heavy atom. The molecule has 2 heterocycles. The minimum absolute atomic E-state index is 0. The number of piperidine rings is 1. The van der Waals surface area contributed by atoms with E-state index in [0.717, 1.165) is 37.2 Å². The van der Waals surface area contributed by atoms with E-state index in [-0.39, 0.29) is 18.3 Å². The number of rotatable bonds is 3. The molecule has 0 saturated carbocycles. The molecule has 0 radical (unpaired) electrons. The smallest absolute Gasteiger partial charge is 0.264 e. The van der Waals surface area contributed by atoms with Gasteiger partial charge in [0.1, 0.15) is 0 Å². The Balaban J connectivity index is 0.00000162. The van der Waals surface area contributed by atoms with Gasteiger partial charge in [-0.3, -0.25) is 4.79 Å². The molecule has 0 spiro atoms. The number of hydrogen-bond acceptors (Lipinski definition) is 3. The molecule has 1 amide bonds. The Bertz CT molecular complexity index is 386. The van der Waals surface area contributed by atoms with Crippen LogP contribution in [0.4, 0.5) is 0 Å². The van der Waals surface area contributed by atoms with E-state index < -0.39 is 0 Å². The van der Waals surface area contributed by atoms with Crippen molar-refractivity contribution >= 4 is 29.7 Å². The SMILES string of the molecule is CCc1ccsc1C(=O)N1CCC(NC)CC1.Cl. The molecule has 1 saturated heterocycles. The lowest BCUT2D eigenvalue weighted by atomic mass is 10.0. The van der Waals surface area contributed by atoms with Crippen LogP contribution in [0.2, 0.25) is 0 Å². The fourth-order valence-corrected chi connectivity index (χ4v) is 3.28. The summed E-state index contributed by atoms with van der Waals surface area (Å²) in [5, 5.41) is 5.31. The van der Waals surface area contributed by atoms with Gasteiger partial charge in [0, 0.05) is 19.1 Å². The number of halogens is 1. The molecular formula is C13H21ClN2OS. The average Bonchev–Trinajstić information content (AvgIpc) is 2.86. The lowest BCUT2D eigenvalue weighted by molar-refractivity contribution is 0.0711. The van der Waals surface area contributed by atoms with E-state index in [1.165, 1.54) is 5.56 Å². The number of hydrogen-bond donors (Lipinski definition) is 1. The normalized spacial score (nSPS) is 16.4. The Morgan fingerprint density at radius 2 is 2.17 bits per heavy atom. The molecule has 1 aromatic heterocycles. The summed E-state index contributed by atoms with van der Waals surface area (Å²) in [7, 11) is 2.00. The molecule has 2 rings (SSSR count). The van der Waals surface area contributed by atoms with Crippen molar-refractivity contribution in [3.8, 4) is 0 Å². The van der Waals surface area contributed by atoms with Gasteiger partial charge in [-0.15, -0.1) is 23.7 Å². The maximum Gasteiger partial charge on any atom is 0.264 e. The highest BCUT2D eigenvalue weighted by Gasteiger charge is 2.24. The predicted octanol–water partition coefficient (Wildman–Crippen LogP) is 2.56. The maximum absolute atomic E-state index is 12.4. The van der Waals surface area contributed by atoms with Crippen molar-refractivity contribution < 1.29 is 4.79 Å². The first-order chi connectivity index (χ1) is 8.26. The van der Waals surface area contributed by atoms with Crippen LogP contribution >= 0.6 is 23.7 Å². The van der Waals surface area contributed by atoms with Crippen LogP contribution in [-0.4, -0.2) is 37.0 Å². The van der Waals surface area contributed by atoms with Crippen LogP contribution in [0, 0.1) is 0 Å². The molecule has 1 fully saturated rings. The van der Waals surface area contributed by atoms with Crippen LogP contribution < -0.4 is 5.32 Å². The number of amides is 1. The van der Waals surface area contributed by atoms with Crippen LogP contribution in [0.5, 0.6) is 0 Å². The van der Waals surface area contributed by atoms with Gasteiger partial charge in [0.2, 0.25) is 0 Å². The number of carbonyl (C=O) groups excluding carboxylic acids is 1. The second-order valence-electron chi connectivity index (χ2n) is 4.48. The van der Waals surface area contributed by atoms with Crippen LogP contribution in [-0.2, 0) is 6.42 Å². The van der Waals surface area contributed by atoms with Gasteiger partial charge >= 0.3 is 0 Å². The number of nitrogens with one attached hydrogen (secondary N) is 1. The zero-order valence-corrected chi connectivity index (χ0v) is 12.6. The van der Waals surface area contributed by atoms with Gasteiger partial charge in [0.25, 0.3) is 5.91 Å². The molecule has 1 N–H and O–H groups in total. The first-order valence-electron chi connectivity index (χ1n) is 6.29. The zero-order chi connectivity index (χ0) is 12.3. The van der Waals surface area contributed by atoms with Crippen molar-refractivity contribution in [2.45, 2.75) is 32.2 Å². The highest BCUT2D eigenvalue weighted by molar-refractivity contribution is 7.12. The summed E-state index contributed by atoms with van der Waals surface area (Å²) < 4.78 is 0. The molecule has 1 aliphatic heterocycles. The minimum Gasteiger partial charge on any atom is -0.338 e. The van der Waals surface area contributed by atoms with Gasteiger partial charge in [-0.1, -0.05) is 6.92 Å². The van der Waals surface area contributed by atoms with E-state index in [2.05, 4.69) is 18.3 Å². The molecular weight excluding hydrogens is 268 g/mol. The monoisotopic (exact) mass is 288 g/mol. The fraction of sp³-hybridized carbons (Fsp3) is 0.615. The number of likely N-dealkylation sites (tertiary alicyclic amines) is 1. The molecule has 1 aliphatic rings. The molecule has 5 heteroatoms. The third-order valence-electron chi connectivity index (χ3n) is 3.51. The van der Waals surface area contributed by atoms with Gasteiger partial charge in [-0.2, -0.15) is 0 Å². The second kappa shape index (κ2) is 7.12. The largest absolute Gasteiger partial charge is 0.338 e. The highest BCUT2D eigenvalue weighted by atomic mass is 35.5. The van der Waals surface area contributed by atoms with E-state index in [4.69, 9.17) is 0 Å². The van der Waals surface area contributed by atoms with E-state index >= 15 is 0 Å². The van der Waals surface area contributed by atoms with E-state index in [1.807, 2.05) is 17.3 Å². The first kappa shape index (κ1) is 15.5. The Morgan fingerprint density at radius 3 is 2.72 bits per heavy atom. The standard InChI is InChI=1S/C13H20N2OS.ClH/c1-3-10-6-9-17-12(10)13(16)15-7-4-11(14-2)5-8-15;/h6,9,11,14H,3-5,7-8H2,1-2H3;1H. The third-order valence-corrected chi connectivity index (χ3v) is 4.46. The topological polar surface area (TPSA) is 32.3 Å². The summed E-state index contributed by atoms with van der Waals surface area (Å²) in [4.78, 5) is 15.3. The number of thiophene rings is 1. The quantitative estimate of drug-likeness (QED) is 0.927.